The zero-order chi connectivity index (χ0) is 15.4. The summed E-state index contributed by atoms with van der Waals surface area (Å²) in [5, 5.41) is 12.3. The monoisotopic (exact) mass is 313 g/mol. The van der Waals surface area contributed by atoms with Crippen LogP contribution in [0.1, 0.15) is 68.3 Å². The van der Waals surface area contributed by atoms with Crippen molar-refractivity contribution in [1.82, 2.24) is 25.1 Å². The molecule has 2 aromatic heterocycles. The Bertz CT molecular complexity index is 699. The van der Waals surface area contributed by atoms with E-state index in [1.54, 1.807) is 0 Å². The van der Waals surface area contributed by atoms with Crippen LogP contribution in [0.2, 0.25) is 0 Å². The Morgan fingerprint density at radius 1 is 1.22 bits per heavy atom. The first kappa shape index (κ1) is 13.7. The summed E-state index contributed by atoms with van der Waals surface area (Å²) in [4.78, 5) is 2.48. The van der Waals surface area contributed by atoms with Crippen molar-refractivity contribution in [3.8, 4) is 0 Å². The molecule has 0 aromatic carbocycles. The molecule has 2 heterocycles. The Labute approximate surface area is 135 Å². The van der Waals surface area contributed by atoms with Crippen molar-refractivity contribution in [2.24, 2.45) is 5.92 Å². The van der Waals surface area contributed by atoms with Crippen LogP contribution in [-0.2, 0) is 13.1 Å². The van der Waals surface area contributed by atoms with Gasteiger partial charge in [-0.05, 0) is 60.6 Å². The lowest BCUT2D eigenvalue weighted by molar-refractivity contribution is 0.213. The molecule has 2 aromatic rings. The molecule has 0 radical (unpaired) electrons. The predicted molar refractivity (Wildman–Crippen MR) is 83.6 cm³/mol. The number of tetrazole rings is 1. The fourth-order valence-corrected chi connectivity index (χ4v) is 3.45. The maximum Gasteiger partial charge on any atom is 0.165 e. The molecule has 3 fully saturated rings. The van der Waals surface area contributed by atoms with Gasteiger partial charge in [0.25, 0.3) is 0 Å². The first-order valence-electron chi connectivity index (χ1n) is 8.87. The van der Waals surface area contributed by atoms with Crippen molar-refractivity contribution >= 4 is 0 Å². The van der Waals surface area contributed by atoms with Gasteiger partial charge in [0.15, 0.2) is 5.82 Å². The van der Waals surface area contributed by atoms with E-state index in [2.05, 4.69) is 39.5 Å². The molecular formula is C17H23N5O. The maximum atomic E-state index is 6.10. The van der Waals surface area contributed by atoms with Gasteiger partial charge in [0.2, 0.25) is 0 Å². The number of rotatable bonds is 7. The molecule has 5 rings (SSSR count). The minimum Gasteiger partial charge on any atom is -0.464 e. The van der Waals surface area contributed by atoms with Crippen LogP contribution in [0.15, 0.2) is 16.5 Å². The van der Waals surface area contributed by atoms with Gasteiger partial charge in [-0.15, -0.1) is 5.10 Å². The molecule has 122 valence electrons. The number of nitrogens with zero attached hydrogens (tertiary/aromatic N) is 5. The van der Waals surface area contributed by atoms with Crippen LogP contribution in [0.3, 0.4) is 0 Å². The van der Waals surface area contributed by atoms with Crippen LogP contribution in [0.4, 0.5) is 0 Å². The first-order valence-corrected chi connectivity index (χ1v) is 8.87. The van der Waals surface area contributed by atoms with Crippen molar-refractivity contribution < 1.29 is 4.42 Å². The Morgan fingerprint density at radius 3 is 2.74 bits per heavy atom. The minimum atomic E-state index is 0.535. The summed E-state index contributed by atoms with van der Waals surface area (Å²) in [5.41, 5.74) is 0. The Hall–Kier alpha value is -1.69. The second-order valence-electron chi connectivity index (χ2n) is 7.53. The minimum absolute atomic E-state index is 0.535. The summed E-state index contributed by atoms with van der Waals surface area (Å²) in [6.07, 6.45) is 6.25. The van der Waals surface area contributed by atoms with Crippen molar-refractivity contribution in [3.05, 3.63) is 29.5 Å². The lowest BCUT2D eigenvalue weighted by Gasteiger charge is -2.20. The molecule has 3 aliphatic rings. The lowest BCUT2D eigenvalue weighted by atomic mass is 10.3. The smallest absolute Gasteiger partial charge is 0.165 e. The van der Waals surface area contributed by atoms with Gasteiger partial charge in [-0.3, -0.25) is 4.90 Å². The van der Waals surface area contributed by atoms with Crippen molar-refractivity contribution in [3.63, 3.8) is 0 Å². The summed E-state index contributed by atoms with van der Waals surface area (Å²) >= 11 is 0. The highest BCUT2D eigenvalue weighted by Gasteiger charge is 2.37. The zero-order valence-electron chi connectivity index (χ0n) is 13.6. The van der Waals surface area contributed by atoms with E-state index < -0.39 is 0 Å². The summed E-state index contributed by atoms with van der Waals surface area (Å²) < 4.78 is 8.12. The largest absolute Gasteiger partial charge is 0.464 e. The van der Waals surface area contributed by atoms with Gasteiger partial charge in [0.05, 0.1) is 19.1 Å². The number of aromatic nitrogens is 4. The highest BCUT2D eigenvalue weighted by atomic mass is 16.3. The molecule has 0 amide bonds. The molecule has 0 spiro atoms. The van der Waals surface area contributed by atoms with Crippen molar-refractivity contribution in [2.75, 3.05) is 0 Å². The summed E-state index contributed by atoms with van der Waals surface area (Å²) in [6.45, 7) is 3.98. The fourth-order valence-electron chi connectivity index (χ4n) is 3.45. The van der Waals surface area contributed by atoms with Crippen LogP contribution in [0, 0.1) is 5.92 Å². The van der Waals surface area contributed by atoms with Gasteiger partial charge in [-0.2, -0.15) is 0 Å². The van der Waals surface area contributed by atoms with Gasteiger partial charge in [-0.25, -0.2) is 4.68 Å². The maximum absolute atomic E-state index is 6.10. The molecule has 3 aliphatic carbocycles. The highest BCUT2D eigenvalue weighted by molar-refractivity contribution is 5.17. The summed E-state index contributed by atoms with van der Waals surface area (Å²) in [5.74, 6) is 4.70. The summed E-state index contributed by atoms with van der Waals surface area (Å²) in [7, 11) is 0. The van der Waals surface area contributed by atoms with E-state index in [0.717, 1.165) is 30.6 Å². The van der Waals surface area contributed by atoms with Gasteiger partial charge < -0.3 is 4.42 Å². The van der Waals surface area contributed by atoms with Gasteiger partial charge in [-0.1, -0.05) is 6.92 Å². The topological polar surface area (TPSA) is 60.0 Å². The highest BCUT2D eigenvalue weighted by Crippen LogP contribution is 2.47. The molecule has 0 saturated heterocycles. The number of hydrogen-bond acceptors (Lipinski definition) is 5. The van der Waals surface area contributed by atoms with Crippen LogP contribution in [-0.4, -0.2) is 31.1 Å². The average Bonchev–Trinajstić information content (AvgIpc) is 3.47. The number of furan rings is 1. The van der Waals surface area contributed by atoms with E-state index in [1.807, 2.05) is 4.68 Å². The van der Waals surface area contributed by atoms with E-state index in [-0.39, 0.29) is 0 Å². The van der Waals surface area contributed by atoms with E-state index >= 15 is 0 Å². The zero-order valence-corrected chi connectivity index (χ0v) is 13.6. The van der Waals surface area contributed by atoms with Crippen LogP contribution < -0.4 is 0 Å². The Kier molecular flexibility index (Phi) is 3.08. The van der Waals surface area contributed by atoms with Crippen LogP contribution >= 0.6 is 0 Å². The molecule has 3 saturated carbocycles. The fraction of sp³-hybridized carbons (Fsp3) is 0.706. The molecule has 23 heavy (non-hydrogen) atoms. The normalized spacial score (nSPS) is 26.9. The molecule has 6 nitrogen and oxygen atoms in total. The van der Waals surface area contributed by atoms with E-state index in [0.29, 0.717) is 18.0 Å². The first-order chi connectivity index (χ1) is 11.3. The second-order valence-corrected chi connectivity index (χ2v) is 7.53. The second kappa shape index (κ2) is 5.16. The van der Waals surface area contributed by atoms with Gasteiger partial charge >= 0.3 is 0 Å². The summed E-state index contributed by atoms with van der Waals surface area (Å²) in [6, 6.07) is 5.52. The average molecular weight is 313 g/mol. The van der Waals surface area contributed by atoms with Gasteiger partial charge in [0.1, 0.15) is 11.5 Å². The third kappa shape index (κ3) is 2.80. The third-order valence-corrected chi connectivity index (χ3v) is 5.38. The molecule has 6 heteroatoms. The lowest BCUT2D eigenvalue weighted by Crippen LogP contribution is -2.26. The quantitative estimate of drug-likeness (QED) is 0.786. The van der Waals surface area contributed by atoms with Gasteiger partial charge in [0, 0.05) is 12.0 Å². The van der Waals surface area contributed by atoms with E-state index in [4.69, 9.17) is 4.42 Å². The Morgan fingerprint density at radius 2 is 2.04 bits per heavy atom. The number of hydrogen-bond donors (Lipinski definition) is 0. The van der Waals surface area contributed by atoms with Crippen molar-refractivity contribution in [2.45, 2.75) is 70.1 Å². The Balaban J connectivity index is 1.30. The molecule has 0 unspecified atom stereocenters. The molecule has 0 aliphatic heterocycles. The predicted octanol–water partition coefficient (Wildman–Crippen LogP) is 2.89. The SMILES string of the molecule is C[C@@H]1C[C@H]1c1ccc(CN(Cc2nnnn2C2CC2)C2CC2)o1. The molecular weight excluding hydrogens is 290 g/mol. The molecule has 2 atom stereocenters. The molecule has 0 bridgehead atoms. The standard InChI is InChI=1S/C17H23N5O/c1-11-8-15(11)16-7-6-14(23-16)9-21(12-2-3-12)10-17-18-19-20-22(17)13-4-5-13/h6-7,11-13,15H,2-5,8-10H2,1H3/t11-,15-/m1/s1. The van der Waals surface area contributed by atoms with E-state index in [9.17, 15) is 0 Å². The third-order valence-electron chi connectivity index (χ3n) is 5.38. The van der Waals surface area contributed by atoms with Crippen molar-refractivity contribution in [1.29, 1.82) is 0 Å². The van der Waals surface area contributed by atoms with Crippen LogP contribution in [0.25, 0.3) is 0 Å². The molecule has 0 N–H and O–H groups in total. The van der Waals surface area contributed by atoms with E-state index in [1.165, 1.54) is 37.9 Å². The van der Waals surface area contributed by atoms with Crippen LogP contribution in [0.5, 0.6) is 0 Å².